The largest absolute Gasteiger partial charge is 0.493 e. The van der Waals surface area contributed by atoms with E-state index in [0.29, 0.717) is 28.5 Å². The molecule has 0 aliphatic rings. The Hall–Kier alpha value is -3.06. The lowest BCUT2D eigenvalue weighted by Gasteiger charge is -2.19. The van der Waals surface area contributed by atoms with Crippen molar-refractivity contribution in [3.05, 3.63) is 70.8 Å². The highest BCUT2D eigenvalue weighted by Gasteiger charge is 2.19. The van der Waals surface area contributed by atoms with Gasteiger partial charge in [0.05, 0.1) is 14.2 Å². The number of hydrogen-bond acceptors (Lipinski definition) is 4. The first-order chi connectivity index (χ1) is 13.0. The van der Waals surface area contributed by atoms with Crippen molar-refractivity contribution in [1.29, 1.82) is 0 Å². The van der Waals surface area contributed by atoms with Gasteiger partial charge in [-0.05, 0) is 42.0 Å². The van der Waals surface area contributed by atoms with Crippen molar-refractivity contribution >= 4 is 18.1 Å². The molecule has 2 aromatic carbocycles. The molecule has 1 N–H and O–H groups in total. The maximum Gasteiger partial charge on any atom is 0.272 e. The smallest absolute Gasteiger partial charge is 0.272 e. The van der Waals surface area contributed by atoms with Gasteiger partial charge in [0.25, 0.3) is 5.91 Å². The molecule has 0 radical (unpaired) electrons. The number of aromatic nitrogens is 2. The maximum atomic E-state index is 13.0. The molecule has 3 rings (SSSR count). The van der Waals surface area contributed by atoms with Crippen LogP contribution in [0.4, 0.5) is 0 Å². The second-order valence-corrected chi connectivity index (χ2v) is 6.39. The van der Waals surface area contributed by atoms with E-state index in [0.717, 1.165) is 11.3 Å². The van der Waals surface area contributed by atoms with Crippen LogP contribution >= 0.6 is 12.2 Å². The number of carbonyl (C=O) groups is 1. The van der Waals surface area contributed by atoms with Gasteiger partial charge in [0.15, 0.2) is 16.3 Å². The molecule has 0 unspecified atom stereocenters. The van der Waals surface area contributed by atoms with E-state index in [9.17, 15) is 4.79 Å². The van der Waals surface area contributed by atoms with Gasteiger partial charge in [-0.2, -0.15) is 0 Å². The first kappa shape index (κ1) is 18.7. The van der Waals surface area contributed by atoms with Crippen LogP contribution in [0.3, 0.4) is 0 Å². The lowest BCUT2D eigenvalue weighted by atomic mass is 10.2. The predicted molar refractivity (Wildman–Crippen MR) is 106 cm³/mol. The number of para-hydroxylation sites is 1. The summed E-state index contributed by atoms with van der Waals surface area (Å²) in [7, 11) is 4.93. The number of benzene rings is 2. The number of imidazole rings is 1. The third-order valence-corrected chi connectivity index (χ3v) is 4.52. The standard InChI is InChI=1S/C20H21N3O3S/c1-22(13-14-9-10-17(25-2)18(11-14)26-3)19(24)16-12-21-20(27)23(16)15-7-5-4-6-8-15/h4-12H,13H2,1-3H3,(H,21,27). The highest BCUT2D eigenvalue weighted by atomic mass is 32.1. The Morgan fingerprint density at radius 3 is 2.48 bits per heavy atom. The van der Waals surface area contributed by atoms with Crippen molar-refractivity contribution in [3.63, 3.8) is 0 Å². The van der Waals surface area contributed by atoms with Crippen LogP contribution in [0.1, 0.15) is 16.1 Å². The molecule has 0 atom stereocenters. The molecule has 0 saturated carbocycles. The monoisotopic (exact) mass is 383 g/mol. The maximum absolute atomic E-state index is 13.0. The molecule has 0 saturated heterocycles. The van der Waals surface area contributed by atoms with Gasteiger partial charge in [0.1, 0.15) is 5.69 Å². The molecule has 1 aromatic heterocycles. The fourth-order valence-electron chi connectivity index (χ4n) is 2.88. The van der Waals surface area contributed by atoms with E-state index in [1.54, 1.807) is 36.9 Å². The van der Waals surface area contributed by atoms with Gasteiger partial charge in [-0.1, -0.05) is 24.3 Å². The number of H-pyrrole nitrogens is 1. The van der Waals surface area contributed by atoms with Crippen molar-refractivity contribution in [2.45, 2.75) is 6.54 Å². The number of methoxy groups -OCH3 is 2. The first-order valence-corrected chi connectivity index (χ1v) is 8.78. The Labute approximate surface area is 163 Å². The second-order valence-electron chi connectivity index (χ2n) is 6.00. The lowest BCUT2D eigenvalue weighted by Crippen LogP contribution is -2.28. The summed E-state index contributed by atoms with van der Waals surface area (Å²) in [5, 5.41) is 0. The Morgan fingerprint density at radius 1 is 1.11 bits per heavy atom. The Bertz CT molecular complexity index is 995. The zero-order chi connectivity index (χ0) is 19.4. The van der Waals surface area contributed by atoms with Crippen LogP contribution < -0.4 is 9.47 Å². The lowest BCUT2D eigenvalue weighted by molar-refractivity contribution is 0.0777. The van der Waals surface area contributed by atoms with E-state index in [4.69, 9.17) is 21.7 Å². The molecular formula is C20H21N3O3S. The average Bonchev–Trinajstić information content (AvgIpc) is 3.09. The highest BCUT2D eigenvalue weighted by Crippen LogP contribution is 2.28. The Balaban J connectivity index is 1.86. The van der Waals surface area contributed by atoms with Crippen molar-refractivity contribution < 1.29 is 14.3 Å². The predicted octanol–water partition coefficient (Wildman–Crippen LogP) is 3.82. The van der Waals surface area contributed by atoms with E-state index >= 15 is 0 Å². The molecule has 6 nitrogen and oxygen atoms in total. The van der Waals surface area contributed by atoms with Crippen molar-refractivity contribution in [2.75, 3.05) is 21.3 Å². The summed E-state index contributed by atoms with van der Waals surface area (Å²) in [6, 6.07) is 15.2. The normalized spacial score (nSPS) is 10.5. The zero-order valence-corrected chi connectivity index (χ0v) is 16.2. The number of nitrogens with zero attached hydrogens (tertiary/aromatic N) is 2. The molecule has 140 valence electrons. The number of carbonyl (C=O) groups excluding carboxylic acids is 1. The number of ether oxygens (including phenoxy) is 2. The minimum Gasteiger partial charge on any atom is -0.493 e. The Kier molecular flexibility index (Phi) is 5.61. The summed E-state index contributed by atoms with van der Waals surface area (Å²) < 4.78 is 12.8. The quantitative estimate of drug-likeness (QED) is 0.658. The van der Waals surface area contributed by atoms with Gasteiger partial charge in [0, 0.05) is 25.5 Å². The second kappa shape index (κ2) is 8.09. The zero-order valence-electron chi connectivity index (χ0n) is 15.4. The van der Waals surface area contributed by atoms with Crippen LogP contribution in [0.2, 0.25) is 0 Å². The van der Waals surface area contributed by atoms with E-state index in [-0.39, 0.29) is 5.91 Å². The molecule has 3 aromatic rings. The Morgan fingerprint density at radius 2 is 1.81 bits per heavy atom. The highest BCUT2D eigenvalue weighted by molar-refractivity contribution is 7.71. The molecule has 0 spiro atoms. The molecule has 0 aliphatic carbocycles. The van der Waals surface area contributed by atoms with Gasteiger partial charge in [0.2, 0.25) is 0 Å². The van der Waals surface area contributed by atoms with Crippen molar-refractivity contribution in [3.8, 4) is 17.2 Å². The van der Waals surface area contributed by atoms with E-state index in [2.05, 4.69) is 4.98 Å². The molecule has 1 amide bonds. The van der Waals surface area contributed by atoms with Crippen molar-refractivity contribution in [2.24, 2.45) is 0 Å². The fourth-order valence-corrected chi connectivity index (χ4v) is 3.14. The number of rotatable bonds is 6. The van der Waals surface area contributed by atoms with E-state index < -0.39 is 0 Å². The minimum absolute atomic E-state index is 0.138. The number of amides is 1. The van der Waals surface area contributed by atoms with Gasteiger partial charge < -0.3 is 19.4 Å². The van der Waals surface area contributed by atoms with Crippen LogP contribution in [-0.2, 0) is 6.54 Å². The third-order valence-electron chi connectivity index (χ3n) is 4.22. The van der Waals surface area contributed by atoms with Crippen LogP contribution in [0.15, 0.2) is 54.7 Å². The molecule has 27 heavy (non-hydrogen) atoms. The summed E-state index contributed by atoms with van der Waals surface area (Å²) in [5.41, 5.74) is 2.25. The van der Waals surface area contributed by atoms with Crippen LogP contribution in [0.25, 0.3) is 5.69 Å². The number of hydrogen-bond donors (Lipinski definition) is 1. The summed E-state index contributed by atoms with van der Waals surface area (Å²) in [6.07, 6.45) is 1.64. The fraction of sp³-hybridized carbons (Fsp3) is 0.200. The SMILES string of the molecule is COc1ccc(CN(C)C(=O)c2c[nH]c(=S)n2-c2ccccc2)cc1OC. The van der Waals surface area contributed by atoms with Gasteiger partial charge >= 0.3 is 0 Å². The molecular weight excluding hydrogens is 362 g/mol. The molecule has 7 heteroatoms. The molecule has 0 aliphatic heterocycles. The molecule has 1 heterocycles. The number of nitrogens with one attached hydrogen (secondary N) is 1. The van der Waals surface area contributed by atoms with E-state index in [1.807, 2.05) is 48.5 Å². The summed E-state index contributed by atoms with van der Waals surface area (Å²) in [6.45, 7) is 0.423. The van der Waals surface area contributed by atoms with Crippen LogP contribution in [-0.4, -0.2) is 41.6 Å². The molecule has 0 fully saturated rings. The summed E-state index contributed by atoms with van der Waals surface area (Å²) in [4.78, 5) is 17.6. The summed E-state index contributed by atoms with van der Waals surface area (Å²) >= 11 is 5.36. The van der Waals surface area contributed by atoms with Crippen molar-refractivity contribution in [1.82, 2.24) is 14.5 Å². The van der Waals surface area contributed by atoms with Crippen LogP contribution in [0.5, 0.6) is 11.5 Å². The van der Waals surface area contributed by atoms with Gasteiger partial charge in [-0.3, -0.25) is 9.36 Å². The van der Waals surface area contributed by atoms with Gasteiger partial charge in [-0.15, -0.1) is 0 Å². The van der Waals surface area contributed by atoms with Crippen LogP contribution in [0, 0.1) is 4.77 Å². The summed E-state index contributed by atoms with van der Waals surface area (Å²) in [5.74, 6) is 1.14. The minimum atomic E-state index is -0.138. The topological polar surface area (TPSA) is 59.5 Å². The average molecular weight is 383 g/mol. The van der Waals surface area contributed by atoms with E-state index in [1.165, 1.54) is 0 Å². The third kappa shape index (κ3) is 3.88. The molecule has 0 bridgehead atoms. The van der Waals surface area contributed by atoms with Gasteiger partial charge in [-0.25, -0.2) is 0 Å². The first-order valence-electron chi connectivity index (χ1n) is 8.37. The number of aromatic amines is 1.